The van der Waals surface area contributed by atoms with Crippen LogP contribution in [0.4, 0.5) is 5.82 Å². The Morgan fingerprint density at radius 3 is 2.64 bits per heavy atom. The number of piperidine rings is 1. The Hall–Kier alpha value is -2.55. The monoisotopic (exact) mass is 343 g/mol. The van der Waals surface area contributed by atoms with Crippen molar-refractivity contribution in [3.05, 3.63) is 24.8 Å². The highest BCUT2D eigenvalue weighted by atomic mass is 16.5. The summed E-state index contributed by atoms with van der Waals surface area (Å²) < 4.78 is 6.90. The molecule has 2 aliphatic rings. The Morgan fingerprint density at radius 1 is 1.12 bits per heavy atom. The number of hydrogen-bond donors (Lipinski definition) is 0. The van der Waals surface area contributed by atoms with E-state index in [1.165, 1.54) is 6.33 Å². The molecule has 0 aliphatic carbocycles. The van der Waals surface area contributed by atoms with Gasteiger partial charge in [-0.1, -0.05) is 0 Å². The van der Waals surface area contributed by atoms with Crippen LogP contribution in [0.2, 0.25) is 0 Å². The first kappa shape index (κ1) is 15.9. The zero-order valence-corrected chi connectivity index (χ0v) is 14.0. The van der Waals surface area contributed by atoms with Crippen LogP contribution in [0.1, 0.15) is 12.8 Å². The van der Waals surface area contributed by atoms with E-state index in [-0.39, 0.29) is 11.8 Å². The molecule has 0 bridgehead atoms. The van der Waals surface area contributed by atoms with Gasteiger partial charge in [0.25, 0.3) is 0 Å². The fourth-order valence-corrected chi connectivity index (χ4v) is 3.36. The number of anilines is 1. The highest BCUT2D eigenvalue weighted by Crippen LogP contribution is 2.23. The highest BCUT2D eigenvalue weighted by molar-refractivity contribution is 5.79. The molecule has 0 aromatic carbocycles. The lowest BCUT2D eigenvalue weighted by molar-refractivity contribution is -0.139. The number of aromatic nitrogens is 5. The van der Waals surface area contributed by atoms with E-state index in [1.807, 2.05) is 17.0 Å². The maximum absolute atomic E-state index is 12.7. The van der Waals surface area contributed by atoms with Gasteiger partial charge in [0.1, 0.15) is 12.7 Å². The van der Waals surface area contributed by atoms with Crippen LogP contribution in [0.25, 0.3) is 5.82 Å². The summed E-state index contributed by atoms with van der Waals surface area (Å²) in [5.74, 6) is 1.67. The van der Waals surface area contributed by atoms with E-state index < -0.39 is 0 Å². The number of ether oxygens (including phenoxy) is 1. The van der Waals surface area contributed by atoms with E-state index in [0.717, 1.165) is 25.2 Å². The van der Waals surface area contributed by atoms with Gasteiger partial charge in [0.15, 0.2) is 11.6 Å². The van der Waals surface area contributed by atoms with E-state index in [2.05, 4.69) is 25.2 Å². The van der Waals surface area contributed by atoms with Crippen LogP contribution in [0.15, 0.2) is 24.8 Å². The van der Waals surface area contributed by atoms with E-state index in [1.54, 1.807) is 11.0 Å². The number of carbonyl (C=O) groups excluding carboxylic acids is 1. The molecule has 4 heterocycles. The third kappa shape index (κ3) is 3.46. The Morgan fingerprint density at radius 2 is 1.92 bits per heavy atom. The molecule has 2 aromatic rings. The van der Waals surface area contributed by atoms with Crippen molar-refractivity contribution in [1.29, 1.82) is 0 Å². The summed E-state index contributed by atoms with van der Waals surface area (Å²) in [6.07, 6.45) is 4.95. The Balaban J connectivity index is 1.43. The third-order valence-corrected chi connectivity index (χ3v) is 4.71. The van der Waals surface area contributed by atoms with Gasteiger partial charge in [-0.3, -0.25) is 4.79 Å². The van der Waals surface area contributed by atoms with E-state index in [0.29, 0.717) is 38.7 Å². The van der Waals surface area contributed by atoms with Crippen molar-refractivity contribution >= 4 is 11.7 Å². The first-order chi connectivity index (χ1) is 12.3. The Kier molecular flexibility index (Phi) is 4.55. The second-order valence-corrected chi connectivity index (χ2v) is 6.31. The third-order valence-electron chi connectivity index (χ3n) is 4.71. The molecular weight excluding hydrogens is 322 g/mol. The largest absolute Gasteiger partial charge is 0.378 e. The van der Waals surface area contributed by atoms with Crippen LogP contribution >= 0.6 is 0 Å². The standard InChI is InChI=1S/C16H21N7O2/c24-16(21-6-8-25-9-7-21)13-2-1-5-22(10-13)14-3-4-15(20-19-14)23-12-17-11-18-23/h3-4,11-13H,1-2,5-10H2/t13-/m1/s1. The molecule has 0 unspecified atom stereocenters. The van der Waals surface area contributed by atoms with Crippen LogP contribution in [0.5, 0.6) is 0 Å². The predicted molar refractivity (Wildman–Crippen MR) is 89.3 cm³/mol. The molecule has 132 valence electrons. The Bertz CT molecular complexity index is 698. The number of carbonyl (C=O) groups is 1. The lowest BCUT2D eigenvalue weighted by Crippen LogP contribution is -2.48. The van der Waals surface area contributed by atoms with Crippen molar-refractivity contribution in [3.63, 3.8) is 0 Å². The van der Waals surface area contributed by atoms with Gasteiger partial charge in [-0.15, -0.1) is 10.2 Å². The number of nitrogens with zero attached hydrogens (tertiary/aromatic N) is 7. The van der Waals surface area contributed by atoms with E-state index >= 15 is 0 Å². The molecule has 9 heteroatoms. The summed E-state index contributed by atoms with van der Waals surface area (Å²) in [5.41, 5.74) is 0. The molecule has 0 spiro atoms. The number of amides is 1. The maximum atomic E-state index is 12.7. The SMILES string of the molecule is O=C([C@@H]1CCCN(c2ccc(-n3cncn3)nn2)C1)N1CCOCC1. The van der Waals surface area contributed by atoms with Gasteiger partial charge in [-0.25, -0.2) is 9.67 Å². The molecule has 2 aliphatic heterocycles. The van der Waals surface area contributed by atoms with Crippen molar-refractivity contribution in [2.24, 2.45) is 5.92 Å². The second kappa shape index (κ2) is 7.14. The molecule has 9 nitrogen and oxygen atoms in total. The molecule has 2 saturated heterocycles. The molecule has 4 rings (SSSR count). The lowest BCUT2D eigenvalue weighted by Gasteiger charge is -2.36. The van der Waals surface area contributed by atoms with Gasteiger partial charge in [-0.2, -0.15) is 5.10 Å². The number of morpholine rings is 1. The van der Waals surface area contributed by atoms with Gasteiger partial charge in [0.05, 0.1) is 19.1 Å². The van der Waals surface area contributed by atoms with Gasteiger partial charge >= 0.3 is 0 Å². The fourth-order valence-electron chi connectivity index (χ4n) is 3.36. The van der Waals surface area contributed by atoms with Crippen LogP contribution in [-0.2, 0) is 9.53 Å². The maximum Gasteiger partial charge on any atom is 0.227 e. The molecule has 0 radical (unpaired) electrons. The van der Waals surface area contributed by atoms with Crippen molar-refractivity contribution in [3.8, 4) is 5.82 Å². The summed E-state index contributed by atoms with van der Waals surface area (Å²) >= 11 is 0. The summed E-state index contributed by atoms with van der Waals surface area (Å²) in [5, 5.41) is 12.6. The van der Waals surface area contributed by atoms with Gasteiger partial charge in [0.2, 0.25) is 5.91 Å². The van der Waals surface area contributed by atoms with Gasteiger partial charge < -0.3 is 14.5 Å². The highest BCUT2D eigenvalue weighted by Gasteiger charge is 2.30. The molecular formula is C16H21N7O2. The Labute approximate surface area is 145 Å². The molecule has 0 N–H and O–H groups in total. The molecule has 1 amide bonds. The molecule has 2 aromatic heterocycles. The first-order valence-corrected chi connectivity index (χ1v) is 8.61. The zero-order valence-electron chi connectivity index (χ0n) is 14.0. The van der Waals surface area contributed by atoms with Crippen molar-refractivity contribution in [2.45, 2.75) is 12.8 Å². The summed E-state index contributed by atoms with van der Waals surface area (Å²) in [6.45, 7) is 4.25. The molecule has 25 heavy (non-hydrogen) atoms. The summed E-state index contributed by atoms with van der Waals surface area (Å²) in [4.78, 5) is 20.7. The van der Waals surface area contributed by atoms with Crippen LogP contribution in [0, 0.1) is 5.92 Å². The zero-order chi connectivity index (χ0) is 17.1. The van der Waals surface area contributed by atoms with E-state index in [4.69, 9.17) is 4.74 Å². The molecule has 0 saturated carbocycles. The molecule has 2 fully saturated rings. The van der Waals surface area contributed by atoms with Crippen LogP contribution in [0.3, 0.4) is 0 Å². The van der Waals surface area contributed by atoms with E-state index in [9.17, 15) is 4.79 Å². The van der Waals surface area contributed by atoms with Crippen molar-refractivity contribution < 1.29 is 9.53 Å². The van der Waals surface area contributed by atoms with Gasteiger partial charge in [-0.05, 0) is 25.0 Å². The molecule has 1 atom stereocenters. The number of rotatable bonds is 3. The summed E-state index contributed by atoms with van der Waals surface area (Å²) in [6, 6.07) is 3.79. The lowest BCUT2D eigenvalue weighted by atomic mass is 9.96. The topological polar surface area (TPSA) is 89.3 Å². The van der Waals surface area contributed by atoms with Crippen LogP contribution in [-0.4, -0.2) is 75.2 Å². The number of hydrogen-bond acceptors (Lipinski definition) is 7. The minimum Gasteiger partial charge on any atom is -0.378 e. The quantitative estimate of drug-likeness (QED) is 0.783. The van der Waals surface area contributed by atoms with Crippen LogP contribution < -0.4 is 4.90 Å². The van der Waals surface area contributed by atoms with Gasteiger partial charge in [0, 0.05) is 26.2 Å². The van der Waals surface area contributed by atoms with Crippen molar-refractivity contribution in [1.82, 2.24) is 29.9 Å². The predicted octanol–water partition coefficient (Wildman–Crippen LogP) is 0.133. The minimum atomic E-state index is 0.0173. The average molecular weight is 343 g/mol. The first-order valence-electron chi connectivity index (χ1n) is 8.61. The smallest absolute Gasteiger partial charge is 0.227 e. The second-order valence-electron chi connectivity index (χ2n) is 6.31. The average Bonchev–Trinajstić information content (AvgIpc) is 3.23. The fraction of sp³-hybridized carbons (Fsp3) is 0.562. The van der Waals surface area contributed by atoms with Crippen molar-refractivity contribution in [2.75, 3.05) is 44.3 Å². The summed E-state index contributed by atoms with van der Waals surface area (Å²) in [7, 11) is 0. The normalized spacial score (nSPS) is 21.4. The minimum absolute atomic E-state index is 0.0173.